The van der Waals surface area contributed by atoms with Crippen molar-refractivity contribution >= 4 is 11.6 Å². The zero-order chi connectivity index (χ0) is 21.1. The lowest BCUT2D eigenvalue weighted by Gasteiger charge is -2.11. The summed E-state index contributed by atoms with van der Waals surface area (Å²) >= 11 is 0. The molecule has 0 aliphatic carbocycles. The van der Waals surface area contributed by atoms with Crippen LogP contribution < -0.4 is 26.0 Å². The highest BCUT2D eigenvalue weighted by molar-refractivity contribution is 6.03. The summed E-state index contributed by atoms with van der Waals surface area (Å²) in [5, 5.41) is 2.17. The second kappa shape index (κ2) is 7.97. The lowest BCUT2D eigenvalue weighted by molar-refractivity contribution is 0.102. The van der Waals surface area contributed by atoms with E-state index in [0.717, 1.165) is 22.9 Å². The third-order valence-corrected chi connectivity index (χ3v) is 4.03. The van der Waals surface area contributed by atoms with E-state index in [0.29, 0.717) is 11.8 Å². The molecule has 10 heteroatoms. The number of anilines is 1. The minimum absolute atomic E-state index is 0.122. The number of aromatic nitrogens is 2. The third-order valence-electron chi connectivity index (χ3n) is 4.03. The van der Waals surface area contributed by atoms with Crippen LogP contribution in [0.4, 0.5) is 14.5 Å². The highest BCUT2D eigenvalue weighted by Crippen LogP contribution is 2.28. The molecule has 0 spiro atoms. The van der Waals surface area contributed by atoms with Gasteiger partial charge in [-0.3, -0.25) is 9.59 Å². The van der Waals surface area contributed by atoms with Gasteiger partial charge in [0.15, 0.2) is 11.5 Å². The first-order chi connectivity index (χ1) is 13.8. The largest absolute Gasteiger partial charge is 0.493 e. The third kappa shape index (κ3) is 3.86. The van der Waals surface area contributed by atoms with E-state index < -0.39 is 34.4 Å². The number of aromatic amines is 1. The number of benzene rings is 2. The normalized spacial score (nSPS) is 10.5. The van der Waals surface area contributed by atoms with Gasteiger partial charge in [-0.15, -0.1) is 0 Å². The zero-order valence-corrected chi connectivity index (χ0v) is 15.3. The Balaban J connectivity index is 2.04. The molecule has 1 amide bonds. The molecule has 0 radical (unpaired) electrons. The van der Waals surface area contributed by atoms with Crippen molar-refractivity contribution in [2.24, 2.45) is 0 Å². The Labute approximate surface area is 162 Å². The minimum atomic E-state index is -1.01. The monoisotopic (exact) mass is 403 g/mol. The Morgan fingerprint density at radius 2 is 1.76 bits per heavy atom. The SMILES string of the molecule is COc1ccc(-n2c(=O)[nH]cc(C(=O)Nc3ccc(F)cc3F)c2=O)cc1OC. The van der Waals surface area contributed by atoms with E-state index in [1.165, 1.54) is 32.4 Å². The van der Waals surface area contributed by atoms with Crippen LogP contribution in [0.2, 0.25) is 0 Å². The summed E-state index contributed by atoms with van der Waals surface area (Å²) in [6.45, 7) is 0. The van der Waals surface area contributed by atoms with Gasteiger partial charge < -0.3 is 19.8 Å². The molecule has 8 nitrogen and oxygen atoms in total. The summed E-state index contributed by atoms with van der Waals surface area (Å²) in [6, 6.07) is 6.86. The average Bonchev–Trinajstić information content (AvgIpc) is 2.70. The molecule has 0 bridgehead atoms. The van der Waals surface area contributed by atoms with Crippen LogP contribution in [0.5, 0.6) is 11.5 Å². The van der Waals surface area contributed by atoms with E-state index in [4.69, 9.17) is 9.47 Å². The van der Waals surface area contributed by atoms with Crippen LogP contribution in [0.15, 0.2) is 52.2 Å². The van der Waals surface area contributed by atoms with Gasteiger partial charge in [0.1, 0.15) is 17.2 Å². The van der Waals surface area contributed by atoms with Crippen molar-refractivity contribution in [3.63, 3.8) is 0 Å². The fourth-order valence-electron chi connectivity index (χ4n) is 2.61. The number of hydrogen-bond donors (Lipinski definition) is 2. The molecule has 1 heterocycles. The van der Waals surface area contributed by atoms with Crippen LogP contribution in [-0.2, 0) is 0 Å². The minimum Gasteiger partial charge on any atom is -0.493 e. The molecule has 150 valence electrons. The number of carbonyl (C=O) groups excluding carboxylic acids is 1. The molecule has 0 saturated carbocycles. The van der Waals surface area contributed by atoms with Gasteiger partial charge in [-0.2, -0.15) is 0 Å². The van der Waals surface area contributed by atoms with Crippen molar-refractivity contribution in [2.75, 3.05) is 19.5 Å². The van der Waals surface area contributed by atoms with Crippen LogP contribution in [0.1, 0.15) is 10.4 Å². The van der Waals surface area contributed by atoms with E-state index in [-0.39, 0.29) is 17.1 Å². The predicted molar refractivity (Wildman–Crippen MR) is 100 cm³/mol. The summed E-state index contributed by atoms with van der Waals surface area (Å²) in [6.07, 6.45) is 0.915. The smallest absolute Gasteiger partial charge is 0.333 e. The van der Waals surface area contributed by atoms with Crippen molar-refractivity contribution in [3.8, 4) is 17.2 Å². The lowest BCUT2D eigenvalue weighted by Crippen LogP contribution is -2.38. The van der Waals surface area contributed by atoms with Crippen molar-refractivity contribution in [1.29, 1.82) is 0 Å². The van der Waals surface area contributed by atoms with Crippen LogP contribution in [0, 0.1) is 11.6 Å². The van der Waals surface area contributed by atoms with Gasteiger partial charge >= 0.3 is 5.69 Å². The Kier molecular flexibility index (Phi) is 5.44. The summed E-state index contributed by atoms with van der Waals surface area (Å²) in [4.78, 5) is 39.7. The Morgan fingerprint density at radius 3 is 2.41 bits per heavy atom. The summed E-state index contributed by atoms with van der Waals surface area (Å²) in [7, 11) is 2.81. The number of carbonyl (C=O) groups is 1. The van der Waals surface area contributed by atoms with Gasteiger partial charge in [0.25, 0.3) is 11.5 Å². The Morgan fingerprint density at radius 1 is 1.03 bits per heavy atom. The molecular formula is C19H15F2N3O5. The van der Waals surface area contributed by atoms with Crippen molar-refractivity contribution in [1.82, 2.24) is 9.55 Å². The van der Waals surface area contributed by atoms with E-state index in [1.54, 1.807) is 0 Å². The second-order valence-corrected chi connectivity index (χ2v) is 5.77. The number of H-pyrrole nitrogens is 1. The molecule has 0 unspecified atom stereocenters. The number of amides is 1. The fraction of sp³-hybridized carbons (Fsp3) is 0.105. The average molecular weight is 403 g/mol. The Hall–Kier alpha value is -3.95. The van der Waals surface area contributed by atoms with Gasteiger partial charge in [0.05, 0.1) is 25.6 Å². The maximum Gasteiger partial charge on any atom is 0.333 e. The molecule has 0 saturated heterocycles. The second-order valence-electron chi connectivity index (χ2n) is 5.77. The zero-order valence-electron chi connectivity index (χ0n) is 15.3. The van der Waals surface area contributed by atoms with Crippen LogP contribution in [-0.4, -0.2) is 29.7 Å². The lowest BCUT2D eigenvalue weighted by atomic mass is 10.2. The van der Waals surface area contributed by atoms with Crippen molar-refractivity contribution in [3.05, 3.63) is 80.6 Å². The number of methoxy groups -OCH3 is 2. The van der Waals surface area contributed by atoms with E-state index in [2.05, 4.69) is 10.3 Å². The number of hydrogen-bond acceptors (Lipinski definition) is 5. The first kappa shape index (κ1) is 19.8. The van der Waals surface area contributed by atoms with Crippen LogP contribution in [0.3, 0.4) is 0 Å². The number of nitrogens with zero attached hydrogens (tertiary/aromatic N) is 1. The molecule has 0 aliphatic heterocycles. The maximum atomic E-state index is 13.8. The molecular weight excluding hydrogens is 388 g/mol. The molecule has 2 aromatic carbocycles. The van der Waals surface area contributed by atoms with Gasteiger partial charge in [-0.25, -0.2) is 18.1 Å². The van der Waals surface area contributed by atoms with Gasteiger partial charge in [0, 0.05) is 18.3 Å². The Bertz CT molecular complexity index is 1200. The predicted octanol–water partition coefficient (Wildman–Crippen LogP) is 2.07. The molecule has 0 aliphatic rings. The molecule has 0 atom stereocenters. The quantitative estimate of drug-likeness (QED) is 0.679. The molecule has 3 rings (SSSR count). The van der Waals surface area contributed by atoms with E-state index in [1.807, 2.05) is 0 Å². The van der Waals surface area contributed by atoms with Crippen LogP contribution in [0.25, 0.3) is 5.69 Å². The van der Waals surface area contributed by atoms with Crippen molar-refractivity contribution < 1.29 is 23.0 Å². The number of halogens is 2. The standard InChI is InChI=1S/C19H15F2N3O5/c1-28-15-6-4-11(8-16(15)29-2)24-18(26)12(9-22-19(24)27)17(25)23-14-5-3-10(20)7-13(14)21/h3-9H,1-2H3,(H,22,27)(H,23,25). The molecule has 0 fully saturated rings. The highest BCUT2D eigenvalue weighted by atomic mass is 19.1. The van der Waals surface area contributed by atoms with Gasteiger partial charge in [-0.1, -0.05) is 0 Å². The molecule has 3 aromatic rings. The first-order valence-electron chi connectivity index (χ1n) is 8.19. The number of rotatable bonds is 5. The van der Waals surface area contributed by atoms with Gasteiger partial charge in [0.2, 0.25) is 0 Å². The number of ether oxygens (including phenoxy) is 2. The van der Waals surface area contributed by atoms with Gasteiger partial charge in [-0.05, 0) is 24.3 Å². The summed E-state index contributed by atoms with van der Waals surface area (Å²) < 4.78 is 37.8. The summed E-state index contributed by atoms with van der Waals surface area (Å²) in [5.74, 6) is -2.17. The van der Waals surface area contributed by atoms with E-state index >= 15 is 0 Å². The molecule has 29 heavy (non-hydrogen) atoms. The van der Waals surface area contributed by atoms with E-state index in [9.17, 15) is 23.2 Å². The first-order valence-corrected chi connectivity index (χ1v) is 8.19. The topological polar surface area (TPSA) is 102 Å². The van der Waals surface area contributed by atoms with Crippen molar-refractivity contribution in [2.45, 2.75) is 0 Å². The number of nitrogens with one attached hydrogen (secondary N) is 2. The van der Waals surface area contributed by atoms with Crippen LogP contribution >= 0.6 is 0 Å². The molecule has 1 aromatic heterocycles. The summed E-state index contributed by atoms with van der Waals surface area (Å²) in [5.41, 5.74) is -2.40. The fourth-order valence-corrected chi connectivity index (χ4v) is 2.61. The highest BCUT2D eigenvalue weighted by Gasteiger charge is 2.18. The molecule has 2 N–H and O–H groups in total. The maximum absolute atomic E-state index is 13.8.